The number of rotatable bonds is 10. The Bertz CT molecular complexity index is 830. The molecule has 0 saturated carbocycles. The molecule has 31 heavy (non-hydrogen) atoms. The Morgan fingerprint density at radius 2 is 1.19 bits per heavy atom. The molecule has 0 aromatic heterocycles. The number of hydrogen-bond donors (Lipinski definition) is 0. The zero-order valence-electron chi connectivity index (χ0n) is 18.9. The van der Waals surface area contributed by atoms with Crippen LogP contribution in [-0.4, -0.2) is 39.2 Å². The summed E-state index contributed by atoms with van der Waals surface area (Å²) in [6, 6.07) is 19.7. The SMILES string of the molecule is COC(=O)[C@@H](C)Cc1ccccc1.COP(=O)(CC(=O)[C@@H](C)Cc1ccccc1)OC. The summed E-state index contributed by atoms with van der Waals surface area (Å²) in [6.45, 7) is 3.70. The molecule has 0 heterocycles. The van der Waals surface area contributed by atoms with E-state index < -0.39 is 7.60 Å². The normalized spacial score (nSPS) is 12.8. The summed E-state index contributed by atoms with van der Waals surface area (Å²) < 4.78 is 26.0. The van der Waals surface area contributed by atoms with Gasteiger partial charge in [-0.25, -0.2) is 0 Å². The zero-order valence-corrected chi connectivity index (χ0v) is 19.8. The summed E-state index contributed by atoms with van der Waals surface area (Å²) in [7, 11) is 0.757. The van der Waals surface area contributed by atoms with Gasteiger partial charge in [-0.15, -0.1) is 0 Å². The maximum atomic E-state index is 11.9. The van der Waals surface area contributed by atoms with Gasteiger partial charge in [0.2, 0.25) is 0 Å². The van der Waals surface area contributed by atoms with Gasteiger partial charge in [-0.1, -0.05) is 74.5 Å². The minimum absolute atomic E-state index is 0.0626. The lowest BCUT2D eigenvalue weighted by Crippen LogP contribution is -2.18. The molecule has 0 amide bonds. The van der Waals surface area contributed by atoms with E-state index >= 15 is 0 Å². The van der Waals surface area contributed by atoms with Crippen LogP contribution in [0.5, 0.6) is 0 Å². The number of ketones is 1. The predicted octanol–water partition coefficient (Wildman–Crippen LogP) is 4.96. The van der Waals surface area contributed by atoms with Gasteiger partial charge in [0.05, 0.1) is 13.0 Å². The van der Waals surface area contributed by atoms with Crippen molar-refractivity contribution < 1.29 is 27.9 Å². The van der Waals surface area contributed by atoms with Crippen molar-refractivity contribution in [2.24, 2.45) is 11.8 Å². The first-order valence-corrected chi connectivity index (χ1v) is 11.9. The van der Waals surface area contributed by atoms with E-state index in [-0.39, 0.29) is 29.8 Å². The third-order valence-corrected chi connectivity index (χ3v) is 6.64. The second-order valence-electron chi connectivity index (χ2n) is 7.31. The number of methoxy groups -OCH3 is 1. The van der Waals surface area contributed by atoms with Crippen molar-refractivity contribution >= 4 is 19.3 Å². The van der Waals surface area contributed by atoms with Crippen LogP contribution >= 0.6 is 7.60 Å². The van der Waals surface area contributed by atoms with E-state index in [4.69, 9.17) is 9.05 Å². The standard InChI is InChI=1S/C13H19O4P.C11H14O2/c1-11(9-12-7-5-4-6-8-12)13(14)10-18(15,16-2)17-3;1-9(11(12)13-2)8-10-6-4-3-5-7-10/h4-8,11H,9-10H2,1-3H3;3-7,9H,8H2,1-2H3/t11-;9-/m00/s1. The third kappa shape index (κ3) is 10.1. The summed E-state index contributed by atoms with van der Waals surface area (Å²) in [5.74, 6) is -0.520. The first kappa shape index (κ1) is 26.8. The van der Waals surface area contributed by atoms with Gasteiger partial charge < -0.3 is 13.8 Å². The lowest BCUT2D eigenvalue weighted by Gasteiger charge is -2.15. The molecule has 6 nitrogen and oxygen atoms in total. The monoisotopic (exact) mass is 448 g/mol. The van der Waals surface area contributed by atoms with Crippen molar-refractivity contribution in [2.45, 2.75) is 26.7 Å². The highest BCUT2D eigenvalue weighted by molar-refractivity contribution is 7.54. The van der Waals surface area contributed by atoms with Crippen molar-refractivity contribution in [2.75, 3.05) is 27.5 Å². The largest absolute Gasteiger partial charge is 0.469 e. The minimum Gasteiger partial charge on any atom is -0.469 e. The van der Waals surface area contributed by atoms with Crippen LogP contribution in [0.1, 0.15) is 25.0 Å². The highest BCUT2D eigenvalue weighted by Crippen LogP contribution is 2.46. The van der Waals surface area contributed by atoms with E-state index in [1.807, 2.05) is 74.5 Å². The molecule has 0 aliphatic heterocycles. The van der Waals surface area contributed by atoms with Gasteiger partial charge in [0.25, 0.3) is 0 Å². The molecule has 0 unspecified atom stereocenters. The number of carbonyl (C=O) groups is 2. The second kappa shape index (κ2) is 13.9. The van der Waals surface area contributed by atoms with Crippen molar-refractivity contribution in [3.63, 3.8) is 0 Å². The van der Waals surface area contributed by atoms with E-state index in [0.29, 0.717) is 6.42 Å². The van der Waals surface area contributed by atoms with Crippen molar-refractivity contribution in [3.8, 4) is 0 Å². The van der Waals surface area contributed by atoms with E-state index in [0.717, 1.165) is 12.0 Å². The second-order valence-corrected chi connectivity index (χ2v) is 9.57. The van der Waals surface area contributed by atoms with Crippen LogP contribution in [0.25, 0.3) is 0 Å². The average Bonchev–Trinajstić information content (AvgIpc) is 2.80. The molecule has 0 N–H and O–H groups in total. The molecule has 0 aliphatic rings. The maximum Gasteiger partial charge on any atom is 0.337 e. The van der Waals surface area contributed by atoms with E-state index in [1.165, 1.54) is 26.9 Å². The van der Waals surface area contributed by atoms with Crippen LogP contribution in [0, 0.1) is 11.8 Å². The van der Waals surface area contributed by atoms with E-state index in [1.54, 1.807) is 0 Å². The summed E-state index contributed by atoms with van der Waals surface area (Å²) in [6.07, 6.45) is 1.20. The molecule has 0 fully saturated rings. The molecule has 2 aromatic carbocycles. The first-order valence-electron chi connectivity index (χ1n) is 10.1. The van der Waals surface area contributed by atoms with Crippen molar-refractivity contribution in [1.82, 2.24) is 0 Å². The van der Waals surface area contributed by atoms with Gasteiger partial charge in [-0.05, 0) is 24.0 Å². The summed E-state index contributed by atoms with van der Waals surface area (Å²) in [5.41, 5.74) is 2.25. The van der Waals surface area contributed by atoms with Crippen molar-refractivity contribution in [1.29, 1.82) is 0 Å². The quantitative estimate of drug-likeness (QED) is 0.378. The molecule has 2 aromatic rings. The molecule has 7 heteroatoms. The third-order valence-electron chi connectivity index (χ3n) is 4.83. The lowest BCUT2D eigenvalue weighted by molar-refractivity contribution is -0.144. The fourth-order valence-corrected chi connectivity index (χ4v) is 3.98. The molecule has 2 rings (SSSR count). The highest BCUT2D eigenvalue weighted by Gasteiger charge is 2.28. The molecular formula is C24H33O6P. The fourth-order valence-electron chi connectivity index (χ4n) is 2.88. The number of ether oxygens (including phenoxy) is 1. The Labute approximate surface area is 185 Å². The van der Waals surface area contributed by atoms with Crippen LogP contribution in [0.4, 0.5) is 0 Å². The Balaban J connectivity index is 0.000000327. The number of benzene rings is 2. The highest BCUT2D eigenvalue weighted by atomic mass is 31.2. The Morgan fingerprint density at radius 1 is 0.774 bits per heavy atom. The molecular weight excluding hydrogens is 415 g/mol. The lowest BCUT2D eigenvalue weighted by atomic mass is 9.98. The minimum atomic E-state index is -3.25. The fraction of sp³-hybridized carbons (Fsp3) is 0.417. The van der Waals surface area contributed by atoms with Crippen LogP contribution < -0.4 is 0 Å². The molecule has 0 spiro atoms. The Hall–Kier alpha value is -2.27. The topological polar surface area (TPSA) is 78.9 Å². The summed E-state index contributed by atoms with van der Waals surface area (Å²) >= 11 is 0. The Morgan fingerprint density at radius 3 is 1.58 bits per heavy atom. The first-order chi connectivity index (χ1) is 14.7. The van der Waals surface area contributed by atoms with Gasteiger partial charge in [0.15, 0.2) is 0 Å². The van der Waals surface area contributed by atoms with E-state index in [2.05, 4.69) is 4.74 Å². The molecule has 0 aliphatic carbocycles. The smallest absolute Gasteiger partial charge is 0.337 e. The number of esters is 1. The van der Waals surface area contributed by atoms with Crippen LogP contribution in [0.3, 0.4) is 0 Å². The Kier molecular flexibility index (Phi) is 12.0. The summed E-state index contributed by atoms with van der Waals surface area (Å²) in [4.78, 5) is 23.0. The van der Waals surface area contributed by atoms with E-state index in [9.17, 15) is 14.2 Å². The molecule has 0 saturated heterocycles. The van der Waals surface area contributed by atoms with Gasteiger partial charge in [0.1, 0.15) is 11.9 Å². The number of carbonyl (C=O) groups excluding carboxylic acids is 2. The van der Waals surface area contributed by atoms with Gasteiger partial charge in [0, 0.05) is 20.1 Å². The number of Topliss-reactive ketones (excluding diaryl/α,β-unsaturated/α-hetero) is 1. The predicted molar refractivity (Wildman–Crippen MR) is 122 cm³/mol. The summed E-state index contributed by atoms with van der Waals surface area (Å²) in [5, 5.41) is 0. The van der Waals surface area contributed by atoms with Gasteiger partial charge in [-0.2, -0.15) is 0 Å². The molecule has 0 radical (unpaired) electrons. The zero-order chi connectivity index (χ0) is 23.3. The number of hydrogen-bond acceptors (Lipinski definition) is 6. The van der Waals surface area contributed by atoms with Crippen LogP contribution in [0.2, 0.25) is 0 Å². The molecule has 0 bridgehead atoms. The maximum absolute atomic E-state index is 11.9. The van der Waals surface area contributed by atoms with Crippen molar-refractivity contribution in [3.05, 3.63) is 71.8 Å². The van der Waals surface area contributed by atoms with Gasteiger partial charge in [-0.3, -0.25) is 14.2 Å². The van der Waals surface area contributed by atoms with Gasteiger partial charge >= 0.3 is 13.6 Å². The molecule has 170 valence electrons. The molecule has 2 atom stereocenters. The van der Waals surface area contributed by atoms with Crippen LogP contribution in [-0.2, 0) is 40.8 Å². The van der Waals surface area contributed by atoms with Crippen LogP contribution in [0.15, 0.2) is 60.7 Å². The average molecular weight is 448 g/mol.